The van der Waals surface area contributed by atoms with Crippen LogP contribution < -0.4 is 0 Å². The monoisotopic (exact) mass is 532 g/mol. The van der Waals surface area contributed by atoms with Crippen molar-refractivity contribution in [3.05, 3.63) is 65.0 Å². The maximum atomic E-state index is 14.7. The Hall–Kier alpha value is -3.54. The van der Waals surface area contributed by atoms with Crippen molar-refractivity contribution in [2.45, 2.75) is 57.7 Å². The van der Waals surface area contributed by atoms with Crippen LogP contribution in [0, 0.1) is 25.5 Å². The smallest absolute Gasteiger partial charge is 0.381 e. The molecule has 2 fully saturated rings. The lowest BCUT2D eigenvalue weighted by atomic mass is 9.98. The second-order valence-electron chi connectivity index (χ2n) is 9.41. The molecule has 0 radical (unpaired) electrons. The van der Waals surface area contributed by atoms with Crippen molar-refractivity contribution >= 4 is 11.2 Å². The molecule has 1 aromatic carbocycles. The number of fused-ring (bicyclic) bond motifs is 1. The molecule has 0 N–H and O–H groups in total. The number of alkyl halides is 3. The molecule has 1 aliphatic heterocycles. The number of aromatic nitrogens is 6. The number of hydrogen-bond donors (Lipinski definition) is 0. The minimum atomic E-state index is -4.99. The van der Waals surface area contributed by atoms with Gasteiger partial charge in [0, 0.05) is 43.2 Å². The van der Waals surface area contributed by atoms with Crippen molar-refractivity contribution in [2.24, 2.45) is 0 Å². The van der Waals surface area contributed by atoms with Gasteiger partial charge in [0.15, 0.2) is 5.65 Å². The molecule has 7 nitrogen and oxygen atoms in total. The van der Waals surface area contributed by atoms with E-state index < -0.39 is 28.9 Å². The van der Waals surface area contributed by atoms with Gasteiger partial charge in [-0.1, -0.05) is 0 Å². The highest BCUT2D eigenvalue weighted by Gasteiger charge is 2.36. The summed E-state index contributed by atoms with van der Waals surface area (Å²) in [4.78, 5) is 17.5. The molecule has 3 aromatic heterocycles. The van der Waals surface area contributed by atoms with Crippen LogP contribution in [0.15, 0.2) is 30.6 Å². The van der Waals surface area contributed by atoms with Gasteiger partial charge in [0.25, 0.3) is 0 Å². The van der Waals surface area contributed by atoms with E-state index in [0.29, 0.717) is 49.3 Å². The molecule has 12 heteroatoms. The van der Waals surface area contributed by atoms with E-state index in [1.54, 1.807) is 13.8 Å². The van der Waals surface area contributed by atoms with Gasteiger partial charge in [-0.15, -0.1) is 0 Å². The second kappa shape index (κ2) is 10.3. The molecule has 38 heavy (non-hydrogen) atoms. The summed E-state index contributed by atoms with van der Waals surface area (Å²) in [7, 11) is 0. The SMILES string of the molecule is Cc1nc2nc(C3CCOCC3)nc(-c3cc(C(F)(F)F)c(F)cc3F)c2nc1C.c1cnn(C2CC2)c1. The van der Waals surface area contributed by atoms with Crippen molar-refractivity contribution < 1.29 is 26.7 Å². The number of benzene rings is 1. The van der Waals surface area contributed by atoms with Gasteiger partial charge in [-0.3, -0.25) is 4.68 Å². The third-order valence-electron chi connectivity index (χ3n) is 6.61. The lowest BCUT2D eigenvalue weighted by Crippen LogP contribution is -2.17. The molecule has 2 aliphatic rings. The summed E-state index contributed by atoms with van der Waals surface area (Å²) in [5.74, 6) is -2.64. The van der Waals surface area contributed by atoms with E-state index in [2.05, 4.69) is 25.0 Å². The molecule has 4 aromatic rings. The predicted molar refractivity (Wildman–Crippen MR) is 128 cm³/mol. The minimum Gasteiger partial charge on any atom is -0.381 e. The number of hydrogen-bond acceptors (Lipinski definition) is 6. The molecule has 0 spiro atoms. The molecule has 200 valence electrons. The Labute approximate surface area is 215 Å². The van der Waals surface area contributed by atoms with Crippen LogP contribution in [-0.2, 0) is 10.9 Å². The van der Waals surface area contributed by atoms with Gasteiger partial charge in [-0.25, -0.2) is 28.7 Å². The highest BCUT2D eigenvalue weighted by atomic mass is 19.4. The minimum absolute atomic E-state index is 0.0625. The Bertz CT molecular complexity index is 1450. The van der Waals surface area contributed by atoms with Crippen molar-refractivity contribution in [2.75, 3.05) is 13.2 Å². The van der Waals surface area contributed by atoms with Gasteiger partial charge in [-0.2, -0.15) is 18.3 Å². The number of aryl methyl sites for hydroxylation is 2. The molecule has 1 saturated carbocycles. The van der Waals surface area contributed by atoms with Crippen LogP contribution in [0.5, 0.6) is 0 Å². The highest BCUT2D eigenvalue weighted by Crippen LogP contribution is 2.37. The molecule has 1 aliphatic carbocycles. The van der Waals surface area contributed by atoms with E-state index in [9.17, 15) is 22.0 Å². The van der Waals surface area contributed by atoms with Crippen LogP contribution >= 0.6 is 0 Å². The zero-order valence-electron chi connectivity index (χ0n) is 20.8. The first-order valence-corrected chi connectivity index (χ1v) is 12.3. The zero-order valence-corrected chi connectivity index (χ0v) is 20.8. The first-order chi connectivity index (χ1) is 18.1. The summed E-state index contributed by atoms with van der Waals surface area (Å²) in [5, 5.41) is 4.09. The number of nitrogens with zero attached hydrogens (tertiary/aromatic N) is 6. The fraction of sp³-hybridized carbons (Fsp3) is 0.423. The van der Waals surface area contributed by atoms with Crippen molar-refractivity contribution in [3.63, 3.8) is 0 Å². The fourth-order valence-electron chi connectivity index (χ4n) is 4.24. The Kier molecular flexibility index (Phi) is 7.08. The Balaban J connectivity index is 0.000000310. The van der Waals surface area contributed by atoms with Crippen LogP contribution in [0.2, 0.25) is 0 Å². The van der Waals surface area contributed by atoms with Gasteiger partial charge < -0.3 is 4.74 Å². The first-order valence-electron chi connectivity index (χ1n) is 12.3. The number of ether oxygens (including phenoxy) is 1. The van der Waals surface area contributed by atoms with Crippen LogP contribution in [0.25, 0.3) is 22.4 Å². The Morgan fingerprint density at radius 2 is 1.61 bits per heavy atom. The van der Waals surface area contributed by atoms with E-state index in [-0.39, 0.29) is 28.8 Å². The average Bonchev–Trinajstić information content (AvgIpc) is 3.58. The Morgan fingerprint density at radius 3 is 2.24 bits per heavy atom. The maximum absolute atomic E-state index is 14.7. The molecule has 0 atom stereocenters. The van der Waals surface area contributed by atoms with Crippen molar-refractivity contribution in [1.29, 1.82) is 0 Å². The second-order valence-corrected chi connectivity index (χ2v) is 9.41. The van der Waals surface area contributed by atoms with E-state index >= 15 is 0 Å². The van der Waals surface area contributed by atoms with Gasteiger partial charge in [-0.05, 0) is 51.7 Å². The standard InChI is InChI=1S/C20H17F5N4O.C6H8N2/c1-9-10(2)27-19-17(26-9)16(28-18(29-19)11-3-5-30-6-4-11)12-7-13(20(23,24)25)15(22)8-14(12)21;1-4-7-8(5-1)6-2-3-6/h7-8,11H,3-6H2,1-2H3;1,4-6H,2-3H2. The normalized spacial score (nSPS) is 16.4. The van der Waals surface area contributed by atoms with Crippen LogP contribution in [0.3, 0.4) is 0 Å². The summed E-state index contributed by atoms with van der Waals surface area (Å²) >= 11 is 0. The fourth-order valence-corrected chi connectivity index (χ4v) is 4.24. The molecule has 0 amide bonds. The van der Waals surface area contributed by atoms with E-state index in [0.717, 1.165) is 6.04 Å². The molecule has 0 unspecified atom stereocenters. The lowest BCUT2D eigenvalue weighted by molar-refractivity contribution is -0.140. The first kappa shape index (κ1) is 26.1. The molecule has 6 rings (SSSR count). The van der Waals surface area contributed by atoms with Crippen LogP contribution in [-0.4, -0.2) is 42.9 Å². The van der Waals surface area contributed by atoms with Gasteiger partial charge in [0.1, 0.15) is 28.7 Å². The third-order valence-corrected chi connectivity index (χ3v) is 6.61. The Morgan fingerprint density at radius 1 is 0.895 bits per heavy atom. The molecular weight excluding hydrogens is 507 g/mol. The molecular formula is C26H25F5N6O. The zero-order chi connectivity index (χ0) is 27.0. The van der Waals surface area contributed by atoms with Crippen molar-refractivity contribution in [1.82, 2.24) is 29.7 Å². The quantitative estimate of drug-likeness (QED) is 0.296. The van der Waals surface area contributed by atoms with E-state index in [4.69, 9.17) is 4.74 Å². The maximum Gasteiger partial charge on any atom is 0.419 e. The van der Waals surface area contributed by atoms with E-state index in [1.807, 2.05) is 23.1 Å². The average molecular weight is 533 g/mol. The van der Waals surface area contributed by atoms with E-state index in [1.165, 1.54) is 12.8 Å². The summed E-state index contributed by atoms with van der Waals surface area (Å²) in [6, 6.07) is 3.36. The molecule has 1 saturated heterocycles. The predicted octanol–water partition coefficient (Wildman–Crippen LogP) is 6.11. The summed E-state index contributed by atoms with van der Waals surface area (Å²) in [6.07, 6.45) is 2.74. The topological polar surface area (TPSA) is 78.6 Å². The summed E-state index contributed by atoms with van der Waals surface area (Å²) in [5.41, 5.74) is -0.906. The van der Waals surface area contributed by atoms with Gasteiger partial charge in [0.05, 0.1) is 23.0 Å². The molecule has 0 bridgehead atoms. The summed E-state index contributed by atoms with van der Waals surface area (Å²) in [6.45, 7) is 4.37. The van der Waals surface area contributed by atoms with Gasteiger partial charge in [0.2, 0.25) is 0 Å². The number of rotatable bonds is 3. The highest BCUT2D eigenvalue weighted by molar-refractivity contribution is 5.87. The molecule has 4 heterocycles. The number of halogens is 5. The van der Waals surface area contributed by atoms with Crippen molar-refractivity contribution in [3.8, 4) is 11.3 Å². The summed E-state index contributed by atoms with van der Waals surface area (Å²) < 4.78 is 75.5. The van der Waals surface area contributed by atoms with Gasteiger partial charge >= 0.3 is 6.18 Å². The lowest BCUT2D eigenvalue weighted by Gasteiger charge is -2.21. The van der Waals surface area contributed by atoms with Crippen LogP contribution in [0.1, 0.15) is 60.4 Å². The third kappa shape index (κ3) is 5.50. The van der Waals surface area contributed by atoms with Crippen LogP contribution in [0.4, 0.5) is 22.0 Å². The largest absolute Gasteiger partial charge is 0.419 e.